The van der Waals surface area contributed by atoms with Crippen molar-refractivity contribution in [3.63, 3.8) is 0 Å². The first-order chi connectivity index (χ1) is 12.2. The van der Waals surface area contributed by atoms with E-state index in [9.17, 15) is 22.8 Å². The number of nitrogens with zero attached hydrogens (tertiary/aromatic N) is 2. The van der Waals surface area contributed by atoms with E-state index in [-0.39, 0.29) is 16.6 Å². The summed E-state index contributed by atoms with van der Waals surface area (Å²) >= 11 is 3.94. The van der Waals surface area contributed by atoms with Gasteiger partial charge in [-0.3, -0.25) is 20.4 Å². The van der Waals surface area contributed by atoms with Crippen LogP contribution in [0.4, 0.5) is 13.2 Å². The second-order valence-electron chi connectivity index (χ2n) is 4.95. The molecule has 0 aliphatic carbocycles. The molecule has 2 amide bonds. The summed E-state index contributed by atoms with van der Waals surface area (Å²) in [5.41, 5.74) is 3.78. The molecule has 0 fully saturated rings. The van der Waals surface area contributed by atoms with Crippen molar-refractivity contribution in [1.29, 1.82) is 0 Å². The van der Waals surface area contributed by atoms with Crippen LogP contribution in [0.1, 0.15) is 21.7 Å². The monoisotopic (exact) mass is 448 g/mol. The number of alkyl halides is 3. The largest absolute Gasteiger partial charge is 0.433 e. The summed E-state index contributed by atoms with van der Waals surface area (Å²) in [5.74, 6) is -1.42. The Balaban J connectivity index is 1.90. The zero-order chi connectivity index (χ0) is 19.3. The van der Waals surface area contributed by atoms with Crippen molar-refractivity contribution in [3.8, 4) is 0 Å². The summed E-state index contributed by atoms with van der Waals surface area (Å²) in [6.07, 6.45) is -4.59. The average Bonchev–Trinajstić information content (AvgIpc) is 2.57. The van der Waals surface area contributed by atoms with Gasteiger partial charge in [0, 0.05) is 10.2 Å². The molecule has 138 valence electrons. The van der Waals surface area contributed by atoms with Gasteiger partial charge in [0.1, 0.15) is 5.69 Å². The van der Waals surface area contributed by atoms with Crippen molar-refractivity contribution in [2.75, 3.05) is 5.75 Å². The fourth-order valence-electron chi connectivity index (χ4n) is 1.76. The first-order valence-electron chi connectivity index (χ1n) is 7.06. The summed E-state index contributed by atoms with van der Waals surface area (Å²) in [6, 6.07) is 7.43. The molecule has 1 heterocycles. The molecule has 0 unspecified atom stereocenters. The highest BCUT2D eigenvalue weighted by atomic mass is 79.9. The molecule has 0 bridgehead atoms. The number of hydrazine groups is 1. The molecule has 6 nitrogen and oxygen atoms in total. The minimum atomic E-state index is -4.59. The quantitative estimate of drug-likeness (QED) is 0.426. The summed E-state index contributed by atoms with van der Waals surface area (Å²) in [7, 11) is 0. The molecule has 0 atom stereocenters. The van der Waals surface area contributed by atoms with Gasteiger partial charge in [0.25, 0.3) is 5.91 Å². The summed E-state index contributed by atoms with van der Waals surface area (Å²) in [4.78, 5) is 30.9. The maximum absolute atomic E-state index is 12.7. The van der Waals surface area contributed by atoms with E-state index < -0.39 is 23.7 Å². The number of rotatable bonds is 4. The molecule has 0 aliphatic heterocycles. The molecule has 11 heteroatoms. The van der Waals surface area contributed by atoms with Crippen LogP contribution in [0.25, 0.3) is 0 Å². The summed E-state index contributed by atoms with van der Waals surface area (Å²) < 4.78 is 38.7. The number of nitrogens with one attached hydrogen (secondary N) is 2. The summed E-state index contributed by atoms with van der Waals surface area (Å²) in [5, 5.41) is -0.176. The number of carbonyl (C=O) groups excluding carboxylic acids is 2. The van der Waals surface area contributed by atoms with Crippen molar-refractivity contribution >= 4 is 39.5 Å². The lowest BCUT2D eigenvalue weighted by Crippen LogP contribution is -2.42. The van der Waals surface area contributed by atoms with E-state index in [0.717, 1.165) is 17.8 Å². The SMILES string of the molecule is Cc1cc(C(F)(F)F)nc(SCC(=O)NNC(=O)c2ccccc2Br)n1. The van der Waals surface area contributed by atoms with Crippen LogP contribution in [-0.2, 0) is 11.0 Å². The van der Waals surface area contributed by atoms with E-state index in [1.165, 1.54) is 6.92 Å². The van der Waals surface area contributed by atoms with E-state index in [1.807, 2.05) is 0 Å². The lowest BCUT2D eigenvalue weighted by molar-refractivity contribution is -0.141. The fourth-order valence-corrected chi connectivity index (χ4v) is 2.93. The predicted octanol–water partition coefficient (Wildman–Crippen LogP) is 3.12. The summed E-state index contributed by atoms with van der Waals surface area (Å²) in [6.45, 7) is 1.40. The van der Waals surface area contributed by atoms with E-state index in [0.29, 0.717) is 10.0 Å². The first-order valence-corrected chi connectivity index (χ1v) is 8.84. The van der Waals surface area contributed by atoms with Gasteiger partial charge in [-0.15, -0.1) is 0 Å². The van der Waals surface area contributed by atoms with Gasteiger partial charge in [0.05, 0.1) is 11.3 Å². The molecule has 0 saturated heterocycles. The van der Waals surface area contributed by atoms with Gasteiger partial charge < -0.3 is 0 Å². The maximum atomic E-state index is 12.7. The first kappa shape index (κ1) is 20.2. The molecule has 0 spiro atoms. The lowest BCUT2D eigenvalue weighted by Gasteiger charge is -2.09. The Hall–Kier alpha value is -2.14. The average molecular weight is 449 g/mol. The Morgan fingerprint density at radius 2 is 1.88 bits per heavy atom. The zero-order valence-corrected chi connectivity index (χ0v) is 15.6. The molecule has 0 aliphatic rings. The normalized spacial score (nSPS) is 11.1. The van der Waals surface area contributed by atoms with Crippen molar-refractivity contribution in [1.82, 2.24) is 20.8 Å². The minimum absolute atomic E-state index is 0.137. The van der Waals surface area contributed by atoms with Gasteiger partial charge in [-0.25, -0.2) is 9.97 Å². The number of hydrogen-bond acceptors (Lipinski definition) is 5. The molecule has 2 rings (SSSR count). The zero-order valence-electron chi connectivity index (χ0n) is 13.2. The highest BCUT2D eigenvalue weighted by molar-refractivity contribution is 9.10. The molecule has 26 heavy (non-hydrogen) atoms. The van der Waals surface area contributed by atoms with E-state index in [4.69, 9.17) is 0 Å². The smallest absolute Gasteiger partial charge is 0.272 e. The van der Waals surface area contributed by atoms with E-state index >= 15 is 0 Å². The van der Waals surface area contributed by atoms with Gasteiger partial charge in [-0.1, -0.05) is 23.9 Å². The number of carbonyl (C=O) groups is 2. The van der Waals surface area contributed by atoms with Gasteiger partial charge >= 0.3 is 6.18 Å². The highest BCUT2D eigenvalue weighted by Gasteiger charge is 2.33. The molecule has 0 radical (unpaired) electrons. The number of hydrogen-bond donors (Lipinski definition) is 2. The lowest BCUT2D eigenvalue weighted by atomic mass is 10.2. The highest BCUT2D eigenvalue weighted by Crippen LogP contribution is 2.29. The molecule has 2 aromatic rings. The molecule has 0 saturated carbocycles. The third-order valence-corrected chi connectivity index (χ3v) is 4.43. The van der Waals surface area contributed by atoms with Gasteiger partial charge in [0.15, 0.2) is 5.16 Å². The van der Waals surface area contributed by atoms with E-state index in [1.54, 1.807) is 24.3 Å². The minimum Gasteiger partial charge on any atom is -0.272 e. The molecular weight excluding hydrogens is 437 g/mol. The predicted molar refractivity (Wildman–Crippen MR) is 92.2 cm³/mol. The Bertz CT molecular complexity index is 833. The third-order valence-electron chi connectivity index (χ3n) is 2.89. The number of aryl methyl sites for hydroxylation is 1. The van der Waals surface area contributed by atoms with Crippen LogP contribution in [0.2, 0.25) is 0 Å². The molecule has 1 aromatic carbocycles. The second-order valence-corrected chi connectivity index (χ2v) is 6.74. The standard InChI is InChI=1S/C15H12BrF3N4O2S/c1-8-6-11(15(17,18)19)21-14(20-8)26-7-12(24)22-23-13(25)9-4-2-3-5-10(9)16/h2-6H,7H2,1H3,(H,22,24)(H,23,25). The number of thioether (sulfide) groups is 1. The number of amides is 2. The van der Waals surface area contributed by atoms with Crippen molar-refractivity contribution < 1.29 is 22.8 Å². The van der Waals surface area contributed by atoms with Crippen molar-refractivity contribution in [2.24, 2.45) is 0 Å². The Labute approximate surface area is 159 Å². The van der Waals surface area contributed by atoms with E-state index in [2.05, 4.69) is 36.7 Å². The molecule has 1 aromatic heterocycles. The van der Waals surface area contributed by atoms with Crippen molar-refractivity contribution in [2.45, 2.75) is 18.3 Å². The van der Waals surface area contributed by atoms with Crippen LogP contribution in [-0.4, -0.2) is 27.5 Å². The maximum Gasteiger partial charge on any atom is 0.433 e. The second kappa shape index (κ2) is 8.49. The van der Waals surface area contributed by atoms with Crippen LogP contribution >= 0.6 is 27.7 Å². The topological polar surface area (TPSA) is 84.0 Å². The number of halogens is 4. The van der Waals surface area contributed by atoms with Crippen LogP contribution in [0.5, 0.6) is 0 Å². The van der Waals surface area contributed by atoms with Crippen LogP contribution in [0.15, 0.2) is 40.0 Å². The van der Waals surface area contributed by atoms with Crippen LogP contribution in [0.3, 0.4) is 0 Å². The third kappa shape index (κ3) is 5.70. The van der Waals surface area contributed by atoms with Crippen LogP contribution < -0.4 is 10.9 Å². The Morgan fingerprint density at radius 3 is 2.54 bits per heavy atom. The Kier molecular flexibility index (Phi) is 6.59. The number of aromatic nitrogens is 2. The molecular formula is C15H12BrF3N4O2S. The van der Waals surface area contributed by atoms with Gasteiger partial charge in [0.2, 0.25) is 5.91 Å². The van der Waals surface area contributed by atoms with Crippen LogP contribution in [0, 0.1) is 6.92 Å². The number of benzene rings is 1. The van der Waals surface area contributed by atoms with Gasteiger partial charge in [-0.05, 0) is 41.1 Å². The van der Waals surface area contributed by atoms with Crippen molar-refractivity contribution in [3.05, 3.63) is 51.8 Å². The molecule has 2 N–H and O–H groups in total. The Morgan fingerprint density at radius 1 is 1.19 bits per heavy atom. The van der Waals surface area contributed by atoms with Gasteiger partial charge in [-0.2, -0.15) is 13.2 Å². The fraction of sp³-hybridized carbons (Fsp3) is 0.200.